The minimum Gasteiger partial charge on any atom is -0.772 e. The second-order valence-electron chi connectivity index (χ2n) is 27.7. The number of cyclic esters (lactones) is 1. The van der Waals surface area contributed by atoms with E-state index in [-0.39, 0.29) is 70.5 Å². The molecule has 7 aliphatic rings. The highest BCUT2D eigenvalue weighted by atomic mass is 32.2. The van der Waals surface area contributed by atoms with Crippen molar-refractivity contribution in [2.75, 3.05) is 56.7 Å². The van der Waals surface area contributed by atoms with Crippen molar-refractivity contribution in [1.82, 2.24) is 16.0 Å². The van der Waals surface area contributed by atoms with Gasteiger partial charge < -0.3 is 44.5 Å². The third-order valence-electron chi connectivity index (χ3n) is 21.2. The summed E-state index contributed by atoms with van der Waals surface area (Å²) in [6.45, 7) is 22.2. The van der Waals surface area contributed by atoms with E-state index in [2.05, 4.69) is 85.7 Å². The van der Waals surface area contributed by atoms with Gasteiger partial charge in [0.2, 0.25) is 23.4 Å². The molecule has 486 valence electrons. The number of hydrogen-bond acceptors (Lipinski definition) is 14. The molecule has 3 fully saturated rings. The molecule has 8 rings (SSSR count). The zero-order chi connectivity index (χ0) is 63.9. The molecule has 3 heterocycles. The van der Waals surface area contributed by atoms with Crippen LogP contribution in [0.5, 0.6) is 0 Å². The van der Waals surface area contributed by atoms with Crippen LogP contribution in [0.2, 0.25) is 0 Å². The molecule has 3 saturated carbocycles. The van der Waals surface area contributed by atoms with E-state index in [4.69, 9.17) is 9.47 Å². The summed E-state index contributed by atoms with van der Waals surface area (Å²) in [5.41, 5.74) is 4.86. The first kappa shape index (κ1) is 69.2. The van der Waals surface area contributed by atoms with Crippen molar-refractivity contribution in [1.29, 1.82) is 0 Å². The number of carbonyl (C=O) groups excluding carboxylic acids is 4. The van der Waals surface area contributed by atoms with Crippen LogP contribution in [0.25, 0.3) is 0 Å². The van der Waals surface area contributed by atoms with E-state index < -0.39 is 48.9 Å². The Morgan fingerprint density at radius 3 is 2.45 bits per heavy atom. The van der Waals surface area contributed by atoms with Crippen LogP contribution in [0.15, 0.2) is 94.2 Å². The number of unbranched alkanes of at least 4 members (excludes halogenated alkanes) is 2. The van der Waals surface area contributed by atoms with Gasteiger partial charge in [0.1, 0.15) is 35.9 Å². The van der Waals surface area contributed by atoms with Gasteiger partial charge in [-0.3, -0.25) is 18.6 Å². The number of fused-ring (bicyclic) bond motifs is 6. The molecule has 17 nitrogen and oxygen atoms in total. The summed E-state index contributed by atoms with van der Waals surface area (Å²) in [7, 11) is -4.62. The highest BCUT2D eigenvalue weighted by Gasteiger charge is 2.57. The normalized spacial score (nSPS) is 29.7. The number of nitrogens with zero attached hydrogens (tertiary/aromatic N) is 2. The lowest BCUT2D eigenvalue weighted by Crippen LogP contribution is -2.56. The highest BCUT2D eigenvalue weighted by Crippen LogP contribution is 2.61. The largest absolute Gasteiger partial charge is 0.772 e. The van der Waals surface area contributed by atoms with Crippen LogP contribution < -0.4 is 20.9 Å². The first-order valence-electron chi connectivity index (χ1n) is 32.3. The van der Waals surface area contributed by atoms with Crippen LogP contribution in [0.1, 0.15) is 164 Å². The van der Waals surface area contributed by atoms with Crippen LogP contribution in [0, 0.1) is 52.3 Å². The van der Waals surface area contributed by atoms with Crippen molar-refractivity contribution in [2.24, 2.45) is 52.3 Å². The maximum atomic E-state index is 13.1. The zero-order valence-corrected chi connectivity index (χ0v) is 55.9. The summed E-state index contributed by atoms with van der Waals surface area (Å²) in [4.78, 5) is 52.8. The average molecular weight is 1270 g/mol. The predicted octanol–water partition coefficient (Wildman–Crippen LogP) is 9.42. The Kier molecular flexibility index (Phi) is 23.0. The Morgan fingerprint density at radius 1 is 0.989 bits per heavy atom. The lowest BCUT2D eigenvalue weighted by Gasteiger charge is -2.56. The summed E-state index contributed by atoms with van der Waals surface area (Å²) < 4.78 is 73.4. The van der Waals surface area contributed by atoms with Gasteiger partial charge in [0.05, 0.1) is 22.5 Å². The Labute approximate surface area is 531 Å². The monoisotopic (exact) mass is 1270 g/mol. The van der Waals surface area contributed by atoms with Crippen molar-refractivity contribution in [2.45, 2.75) is 186 Å². The first-order chi connectivity index (χ1) is 41.6. The number of thiol groups is 1. The molecule has 1 aromatic rings. The van der Waals surface area contributed by atoms with Crippen LogP contribution >= 0.6 is 12.6 Å². The summed E-state index contributed by atoms with van der Waals surface area (Å²) in [6, 6.07) is 3.71. The van der Waals surface area contributed by atoms with Crippen molar-refractivity contribution in [3.63, 3.8) is 0 Å². The average Bonchev–Trinajstić information content (AvgIpc) is 1.56. The fourth-order valence-electron chi connectivity index (χ4n) is 15.9. The first-order valence-corrected chi connectivity index (χ1v) is 35.5. The maximum Gasteiger partial charge on any atom is 0.331 e. The quantitative estimate of drug-likeness (QED) is 0.0105. The van der Waals surface area contributed by atoms with Gasteiger partial charge in [0, 0.05) is 78.0 Å². The van der Waals surface area contributed by atoms with E-state index in [0.717, 1.165) is 110 Å². The molecule has 0 aromatic heterocycles. The second-order valence-corrected chi connectivity index (χ2v) is 30.6. The fourth-order valence-corrected chi connectivity index (χ4v) is 17.2. The molecule has 12 atom stereocenters. The molecule has 0 radical (unpaired) electrons. The molecule has 12 unspecified atom stereocenters. The van der Waals surface area contributed by atoms with Gasteiger partial charge in [0.15, 0.2) is 5.71 Å². The second kappa shape index (κ2) is 29.3. The Hall–Kier alpha value is -4.70. The summed E-state index contributed by atoms with van der Waals surface area (Å²) in [6.07, 6.45) is 27.7. The molecule has 3 aliphatic heterocycles. The standard InChI is InChI=1S/C68H99N5O12S3/c1-10-72-57-26-23-51(88(81,82)83)38-55(57)66(7,8)59(72)18-13-11-14-19-60-65(5,6)54-37-50(87(79)80)22-25-58(54)73(60)33-16-12-15-20-61(74)71-56(43-86)64(77)70-32-17-31-69-62(75)42-84-40-48-28-29-67(9)39-47(35-48)21-24-52-53(67)34-45(3)46(4)68(52,78)30-27-44(2)49-36-63(76)85-41-49/h11,13-14,18-19,23,25-26,36-38,44-48,50,52-53,56,78H,10,12,15-17,20-22,24,27-35,39-43H2,1-9H3,(H5-,69,70,71,74,75,77,79,80,81,82,83,86)/p-1. The molecule has 0 spiro atoms. The maximum absolute atomic E-state index is 13.1. The predicted molar refractivity (Wildman–Crippen MR) is 345 cm³/mol. The van der Waals surface area contributed by atoms with E-state index in [1.54, 1.807) is 12.1 Å². The number of nitrogens with one attached hydrogen (secondary N) is 3. The number of esters is 1. The lowest BCUT2D eigenvalue weighted by atomic mass is 9.51. The Morgan fingerprint density at radius 2 is 1.75 bits per heavy atom. The van der Waals surface area contributed by atoms with E-state index >= 15 is 0 Å². The molecule has 3 amide bonds. The number of likely N-dealkylation sites (N-methyl/N-ethyl adjacent to an activating group) is 1. The highest BCUT2D eigenvalue weighted by molar-refractivity contribution is 7.85. The molecule has 2 bridgehead atoms. The molecule has 1 aromatic carbocycles. The van der Waals surface area contributed by atoms with Gasteiger partial charge in [-0.1, -0.05) is 72.3 Å². The molecule has 0 saturated heterocycles. The third kappa shape index (κ3) is 15.8. The smallest absolute Gasteiger partial charge is 0.331 e. The van der Waals surface area contributed by atoms with Gasteiger partial charge in [-0.15, -0.1) is 0 Å². The number of benzene rings is 1. The summed E-state index contributed by atoms with van der Waals surface area (Å²) in [5.74, 6) is 1.46. The van der Waals surface area contributed by atoms with Gasteiger partial charge in [-0.25, -0.2) is 13.2 Å². The van der Waals surface area contributed by atoms with Gasteiger partial charge in [0.25, 0.3) is 0 Å². The molecule has 20 heteroatoms. The molecular formula is C68H98N5O12S3-. The van der Waals surface area contributed by atoms with Crippen molar-refractivity contribution >= 4 is 68.9 Å². The number of anilines is 1. The van der Waals surface area contributed by atoms with E-state index in [0.29, 0.717) is 82.3 Å². The molecular weight excluding hydrogens is 1170 g/mol. The van der Waals surface area contributed by atoms with E-state index in [9.17, 15) is 46.0 Å². The lowest BCUT2D eigenvalue weighted by molar-refractivity contribution is -0.469. The number of amides is 3. The minimum absolute atomic E-state index is 0.0274. The molecule has 88 heavy (non-hydrogen) atoms. The summed E-state index contributed by atoms with van der Waals surface area (Å²) >= 11 is 2.09. The van der Waals surface area contributed by atoms with E-state index in [1.165, 1.54) is 12.1 Å². The van der Waals surface area contributed by atoms with Gasteiger partial charge in [-0.2, -0.15) is 17.2 Å². The topological polar surface area (TPSA) is 247 Å². The third-order valence-corrected chi connectivity index (χ3v) is 23.2. The van der Waals surface area contributed by atoms with Gasteiger partial charge >= 0.3 is 5.97 Å². The van der Waals surface area contributed by atoms with Crippen LogP contribution in [-0.4, -0.2) is 129 Å². The van der Waals surface area contributed by atoms with E-state index in [1.807, 2.05) is 57.2 Å². The molecule has 4 N–H and O–H groups in total. The number of aliphatic hydroxyl groups is 1. The Balaban J connectivity index is 0.742. The minimum atomic E-state index is -4.62. The van der Waals surface area contributed by atoms with Crippen LogP contribution in [0.4, 0.5) is 5.69 Å². The van der Waals surface area contributed by atoms with Crippen molar-refractivity contribution < 1.29 is 60.1 Å². The SMILES string of the molecule is CCN1C(=CC=CC=CC2=[N+](CCCCCC(=O)NC(CS)C(=O)NCCCNC(=O)COCC3CCC4(C)CC(CCC5C4CC(C)C(C)C5(O)CCC(C)C4=CC(=O)OC4)C3)C3=CCC(S(=O)[O-])C=C3C2(C)C)C(C)(C)c2cc(S(=O)(=O)[O-])ccc21. The number of hydrogen-bond donors (Lipinski definition) is 5. The van der Waals surface area contributed by atoms with Crippen molar-refractivity contribution in [3.8, 4) is 0 Å². The summed E-state index contributed by atoms with van der Waals surface area (Å²) in [5, 5.41) is 20.7. The fraction of sp³-hybridized carbons (Fsp3) is 0.662. The van der Waals surface area contributed by atoms with Gasteiger partial charge in [-0.05, 0) is 197 Å². The number of rotatable bonds is 27. The van der Waals surface area contributed by atoms with Crippen LogP contribution in [0.3, 0.4) is 0 Å². The molecule has 4 aliphatic carbocycles. The van der Waals surface area contributed by atoms with Crippen molar-refractivity contribution in [3.05, 3.63) is 94.9 Å². The Bertz CT molecular complexity index is 3130. The zero-order valence-electron chi connectivity index (χ0n) is 53.4. The number of allylic oxidation sites excluding steroid dienone is 8. The number of ether oxygens (including phenoxy) is 2. The number of carbonyl (C=O) groups is 4. The van der Waals surface area contributed by atoms with Crippen LogP contribution in [-0.2, 0) is 55.3 Å².